The van der Waals surface area contributed by atoms with Crippen molar-refractivity contribution in [1.29, 1.82) is 0 Å². The van der Waals surface area contributed by atoms with E-state index in [0.717, 1.165) is 5.48 Å². The minimum Gasteiger partial charge on any atom is -0.636 e. The number of quaternary nitrogens is 1. The highest BCUT2D eigenvalue weighted by Crippen LogP contribution is 1.23. The third-order valence-electron chi connectivity index (χ3n) is 0.285. The van der Waals surface area contributed by atoms with Gasteiger partial charge in [-0.1, -0.05) is 0 Å². The molecule has 0 aromatic rings. The molecule has 0 radical (unpaired) electrons. The number of rotatable bonds is 2. The van der Waals surface area contributed by atoms with Gasteiger partial charge in [0.2, 0.25) is 0 Å². The molecular formula is C2H8N2O. The fourth-order valence-corrected chi connectivity index (χ4v) is 0.0680. The van der Waals surface area contributed by atoms with Gasteiger partial charge in [-0.05, 0) is 0 Å². The van der Waals surface area contributed by atoms with Crippen LogP contribution in [0.4, 0.5) is 0 Å². The fourth-order valence-electron chi connectivity index (χ4n) is 0.0680. The van der Waals surface area contributed by atoms with E-state index >= 15 is 0 Å². The smallest absolute Gasteiger partial charge is 0.0877 e. The van der Waals surface area contributed by atoms with E-state index in [4.69, 9.17) is 5.73 Å². The molecule has 0 heterocycles. The van der Waals surface area contributed by atoms with Gasteiger partial charge in [-0.3, -0.25) is 0 Å². The number of hydrogen-bond acceptors (Lipinski definition) is 2. The van der Waals surface area contributed by atoms with Gasteiger partial charge >= 0.3 is 0 Å². The Morgan fingerprint density at radius 2 is 2.40 bits per heavy atom. The van der Waals surface area contributed by atoms with Crippen molar-refractivity contribution in [2.75, 3.05) is 13.1 Å². The van der Waals surface area contributed by atoms with E-state index in [1.807, 2.05) is 0 Å². The Hall–Kier alpha value is -0.120. The predicted molar refractivity (Wildman–Crippen MR) is 19.2 cm³/mol. The Balaban J connectivity index is 2.19. The first-order chi connectivity index (χ1) is 2.41. The molecule has 4 N–H and O–H groups in total. The maximum absolute atomic E-state index is 9.32. The second-order valence-electron chi connectivity index (χ2n) is 0.744. The molecule has 0 amide bonds. The van der Waals surface area contributed by atoms with Crippen LogP contribution in [0.15, 0.2) is 0 Å². The first-order valence-corrected chi connectivity index (χ1v) is 1.55. The summed E-state index contributed by atoms with van der Waals surface area (Å²) in [5, 5.41) is 9.32. The van der Waals surface area contributed by atoms with E-state index < -0.39 is 0 Å². The summed E-state index contributed by atoms with van der Waals surface area (Å²) in [5.74, 6) is 0. The second kappa shape index (κ2) is 3.88. The van der Waals surface area contributed by atoms with Gasteiger partial charge in [0.15, 0.2) is 0 Å². The Morgan fingerprint density at radius 3 is 2.40 bits per heavy atom. The van der Waals surface area contributed by atoms with Gasteiger partial charge < -0.3 is 16.4 Å². The van der Waals surface area contributed by atoms with Crippen LogP contribution in [0.3, 0.4) is 0 Å². The molecule has 3 nitrogen and oxygen atoms in total. The first-order valence-electron chi connectivity index (χ1n) is 1.55. The minimum atomic E-state index is 0.476. The van der Waals surface area contributed by atoms with Gasteiger partial charge in [0.1, 0.15) is 0 Å². The third kappa shape index (κ3) is 3.88. The summed E-state index contributed by atoms with van der Waals surface area (Å²) in [6.45, 7) is 0.962. The lowest BCUT2D eigenvalue weighted by Gasteiger charge is -1.93. The summed E-state index contributed by atoms with van der Waals surface area (Å²) in [6.07, 6.45) is 0. The Morgan fingerprint density at radius 1 is 1.80 bits per heavy atom. The Bertz CT molecular complexity index is 15.1. The summed E-state index contributed by atoms with van der Waals surface area (Å²) < 4.78 is 0. The molecule has 0 aromatic heterocycles. The summed E-state index contributed by atoms with van der Waals surface area (Å²) in [6, 6.07) is 0. The molecule has 0 fully saturated rings. The van der Waals surface area contributed by atoms with Crippen LogP contribution in [0, 0.1) is 5.21 Å². The molecular weight excluding hydrogens is 68.0 g/mol. The highest BCUT2D eigenvalue weighted by Gasteiger charge is 1.64. The Labute approximate surface area is 30.7 Å². The molecule has 32 valence electrons. The van der Waals surface area contributed by atoms with Gasteiger partial charge in [-0.25, -0.2) is 0 Å². The summed E-state index contributed by atoms with van der Waals surface area (Å²) >= 11 is 0. The van der Waals surface area contributed by atoms with E-state index in [1.54, 1.807) is 0 Å². The first kappa shape index (κ1) is 4.88. The van der Waals surface area contributed by atoms with Gasteiger partial charge in [0.05, 0.1) is 6.54 Å². The van der Waals surface area contributed by atoms with Gasteiger partial charge in [0, 0.05) is 6.54 Å². The Kier molecular flexibility index (Phi) is 3.79. The molecule has 0 aliphatic carbocycles. The zero-order valence-corrected chi connectivity index (χ0v) is 2.98. The van der Waals surface area contributed by atoms with Crippen LogP contribution in [0.25, 0.3) is 0 Å². The van der Waals surface area contributed by atoms with E-state index in [2.05, 4.69) is 0 Å². The zero-order chi connectivity index (χ0) is 4.12. The summed E-state index contributed by atoms with van der Waals surface area (Å²) in [5.41, 5.74) is 5.71. The van der Waals surface area contributed by atoms with Crippen molar-refractivity contribution in [2.45, 2.75) is 0 Å². The standard InChI is InChI=1S/C2H8N2O/c3-1-2-4-5/h1-4H2. The van der Waals surface area contributed by atoms with Gasteiger partial charge in [-0.15, -0.1) is 0 Å². The van der Waals surface area contributed by atoms with Crippen molar-refractivity contribution < 1.29 is 5.48 Å². The molecule has 0 rings (SSSR count). The molecule has 0 spiro atoms. The zero-order valence-electron chi connectivity index (χ0n) is 2.98. The van der Waals surface area contributed by atoms with Gasteiger partial charge in [0.25, 0.3) is 0 Å². The molecule has 0 saturated carbocycles. The lowest BCUT2D eigenvalue weighted by molar-refractivity contribution is -0.586. The summed E-state index contributed by atoms with van der Waals surface area (Å²) in [7, 11) is 0. The van der Waals surface area contributed by atoms with Crippen LogP contribution in [0.5, 0.6) is 0 Å². The van der Waals surface area contributed by atoms with E-state index in [9.17, 15) is 5.21 Å². The number of hydrogen-bond donors (Lipinski definition) is 2. The lowest BCUT2D eigenvalue weighted by atomic mass is 10.7. The van der Waals surface area contributed by atoms with Crippen molar-refractivity contribution in [1.82, 2.24) is 0 Å². The molecule has 0 atom stereocenters. The number of nitrogens with two attached hydrogens (primary N) is 2. The molecule has 5 heavy (non-hydrogen) atoms. The SMILES string of the molecule is NCC[NH2+][O-]. The van der Waals surface area contributed by atoms with Crippen LogP contribution in [0.1, 0.15) is 0 Å². The predicted octanol–water partition coefficient (Wildman–Crippen LogP) is -1.99. The normalized spacial score (nSPS) is 8.40. The quantitative estimate of drug-likeness (QED) is 0.374. The second-order valence-corrected chi connectivity index (χ2v) is 0.744. The minimum absolute atomic E-state index is 0.476. The van der Waals surface area contributed by atoms with Crippen molar-refractivity contribution in [3.05, 3.63) is 5.21 Å². The van der Waals surface area contributed by atoms with Gasteiger partial charge in [-0.2, -0.15) is 0 Å². The molecule has 3 heteroatoms. The third-order valence-corrected chi connectivity index (χ3v) is 0.285. The van der Waals surface area contributed by atoms with Crippen molar-refractivity contribution >= 4 is 0 Å². The van der Waals surface area contributed by atoms with Crippen molar-refractivity contribution in [3.63, 3.8) is 0 Å². The largest absolute Gasteiger partial charge is 0.636 e. The van der Waals surface area contributed by atoms with Crippen molar-refractivity contribution in [2.24, 2.45) is 5.73 Å². The monoisotopic (exact) mass is 76.1 g/mol. The fraction of sp³-hybridized carbons (Fsp3) is 1.00. The highest BCUT2D eigenvalue weighted by atomic mass is 16.5. The topological polar surface area (TPSA) is 65.7 Å². The molecule has 0 saturated heterocycles. The van der Waals surface area contributed by atoms with Crippen molar-refractivity contribution in [3.8, 4) is 0 Å². The maximum atomic E-state index is 9.32. The molecule has 0 aromatic carbocycles. The number of hydroxylamine groups is 1. The lowest BCUT2D eigenvalue weighted by Crippen LogP contribution is -2.78. The van der Waals surface area contributed by atoms with Crippen LogP contribution >= 0.6 is 0 Å². The van der Waals surface area contributed by atoms with Crippen LogP contribution in [0.2, 0.25) is 0 Å². The molecule has 0 aliphatic heterocycles. The van der Waals surface area contributed by atoms with E-state index in [1.165, 1.54) is 0 Å². The molecule has 0 unspecified atom stereocenters. The average molecular weight is 76.1 g/mol. The molecule has 0 aliphatic rings. The maximum Gasteiger partial charge on any atom is 0.0877 e. The van der Waals surface area contributed by atoms with E-state index in [-0.39, 0.29) is 0 Å². The summed E-state index contributed by atoms with van der Waals surface area (Å²) in [4.78, 5) is 0. The average Bonchev–Trinajstić information content (AvgIpc) is 1.41. The molecule has 0 bridgehead atoms. The van der Waals surface area contributed by atoms with Crippen LogP contribution < -0.4 is 11.2 Å². The highest BCUT2D eigenvalue weighted by molar-refractivity contribution is 4.19. The van der Waals surface area contributed by atoms with E-state index in [0.29, 0.717) is 13.1 Å². The van der Waals surface area contributed by atoms with Crippen LogP contribution in [-0.2, 0) is 0 Å². The van der Waals surface area contributed by atoms with Crippen LogP contribution in [-0.4, -0.2) is 13.1 Å².